The molecule has 0 bridgehead atoms. The average Bonchev–Trinajstić information content (AvgIpc) is 2.75. The van der Waals surface area contributed by atoms with E-state index in [1.54, 1.807) is 6.92 Å². The molecule has 0 spiro atoms. The molecule has 1 fully saturated rings. The Bertz CT molecular complexity index is 395. The fraction of sp³-hybridized carbons (Fsp3) is 0.636. The van der Waals surface area contributed by atoms with E-state index >= 15 is 0 Å². The van der Waals surface area contributed by atoms with Crippen LogP contribution in [0.4, 0.5) is 0 Å². The lowest BCUT2D eigenvalue weighted by molar-refractivity contribution is -0.00323. The lowest BCUT2D eigenvalue weighted by atomic mass is 10.1. The molecule has 94 valence electrons. The molecule has 1 saturated heterocycles. The van der Waals surface area contributed by atoms with Gasteiger partial charge in [-0.25, -0.2) is 9.78 Å². The summed E-state index contributed by atoms with van der Waals surface area (Å²) in [5.74, 6) is -0.894. The number of aromatic carboxylic acids is 1. The molecular formula is C11H15NO5. The smallest absolute Gasteiger partial charge is 0.362 e. The van der Waals surface area contributed by atoms with Crippen LogP contribution in [0.1, 0.15) is 48.7 Å². The van der Waals surface area contributed by atoms with Gasteiger partial charge < -0.3 is 19.0 Å². The Balaban J connectivity index is 2.22. The zero-order valence-electron chi connectivity index (χ0n) is 9.64. The molecule has 1 aliphatic rings. The molecule has 1 aromatic heterocycles. The van der Waals surface area contributed by atoms with Gasteiger partial charge in [-0.05, 0) is 26.2 Å². The van der Waals surface area contributed by atoms with Crippen LogP contribution >= 0.6 is 0 Å². The van der Waals surface area contributed by atoms with Crippen molar-refractivity contribution in [1.82, 2.24) is 4.98 Å². The van der Waals surface area contributed by atoms with Gasteiger partial charge in [0.05, 0.1) is 6.61 Å². The number of carboxylic acid groups (broad SMARTS) is 1. The van der Waals surface area contributed by atoms with E-state index in [0.717, 1.165) is 19.3 Å². The van der Waals surface area contributed by atoms with Crippen molar-refractivity contribution in [3.63, 3.8) is 0 Å². The summed E-state index contributed by atoms with van der Waals surface area (Å²) in [6.45, 7) is 2.74. The molecule has 6 heteroatoms. The number of ether oxygens (including phenoxy) is 2. The molecule has 1 aliphatic heterocycles. The van der Waals surface area contributed by atoms with Crippen molar-refractivity contribution in [2.45, 2.75) is 32.3 Å². The number of carbonyl (C=O) groups is 1. The summed E-state index contributed by atoms with van der Waals surface area (Å²) < 4.78 is 15.9. The van der Waals surface area contributed by atoms with Crippen LogP contribution in [0, 0.1) is 0 Å². The highest BCUT2D eigenvalue weighted by atomic mass is 16.6. The largest absolute Gasteiger partial charge is 0.476 e. The van der Waals surface area contributed by atoms with Crippen molar-refractivity contribution in [3.05, 3.63) is 11.6 Å². The number of aromatic nitrogens is 1. The molecule has 1 N–H and O–H groups in total. The molecule has 0 aliphatic carbocycles. The molecule has 2 heterocycles. The highest BCUT2D eigenvalue weighted by Gasteiger charge is 2.27. The van der Waals surface area contributed by atoms with E-state index < -0.39 is 5.97 Å². The van der Waals surface area contributed by atoms with E-state index in [2.05, 4.69) is 4.98 Å². The molecule has 17 heavy (non-hydrogen) atoms. The van der Waals surface area contributed by atoms with E-state index in [0.29, 0.717) is 19.1 Å². The number of hydrogen-bond donors (Lipinski definition) is 1. The zero-order valence-corrected chi connectivity index (χ0v) is 9.64. The Kier molecular flexibility index (Phi) is 3.63. The third-order valence-electron chi connectivity index (χ3n) is 2.55. The first-order valence-electron chi connectivity index (χ1n) is 5.70. The van der Waals surface area contributed by atoms with Crippen LogP contribution in [0.5, 0.6) is 5.95 Å². The van der Waals surface area contributed by atoms with Crippen molar-refractivity contribution >= 4 is 5.97 Å². The molecule has 6 nitrogen and oxygen atoms in total. The minimum Gasteiger partial charge on any atom is -0.476 e. The quantitative estimate of drug-likeness (QED) is 0.868. The molecule has 1 unspecified atom stereocenters. The van der Waals surface area contributed by atoms with Gasteiger partial charge in [0.2, 0.25) is 11.6 Å². The van der Waals surface area contributed by atoms with E-state index in [-0.39, 0.29) is 17.7 Å². The summed E-state index contributed by atoms with van der Waals surface area (Å²) in [5.41, 5.74) is -0.184. The lowest BCUT2D eigenvalue weighted by Gasteiger charge is -2.19. The van der Waals surface area contributed by atoms with E-state index in [9.17, 15) is 4.79 Å². The molecule has 0 amide bonds. The van der Waals surface area contributed by atoms with Crippen molar-refractivity contribution in [2.24, 2.45) is 0 Å². The molecule has 1 aromatic rings. The Morgan fingerprint density at radius 1 is 1.59 bits per heavy atom. The van der Waals surface area contributed by atoms with Gasteiger partial charge in [0, 0.05) is 6.61 Å². The molecule has 0 radical (unpaired) electrons. The number of rotatable bonds is 4. The fourth-order valence-electron chi connectivity index (χ4n) is 1.76. The van der Waals surface area contributed by atoms with E-state index in [1.807, 2.05) is 0 Å². The van der Waals surface area contributed by atoms with E-state index in [4.69, 9.17) is 19.0 Å². The van der Waals surface area contributed by atoms with Crippen LogP contribution < -0.4 is 4.74 Å². The summed E-state index contributed by atoms with van der Waals surface area (Å²) in [7, 11) is 0. The van der Waals surface area contributed by atoms with Crippen LogP contribution in [0.2, 0.25) is 0 Å². The third-order valence-corrected chi connectivity index (χ3v) is 2.55. The van der Waals surface area contributed by atoms with E-state index in [1.165, 1.54) is 0 Å². The van der Waals surface area contributed by atoms with Crippen LogP contribution in [0.15, 0.2) is 4.42 Å². The standard InChI is InChI=1S/C11H15NO5/c1-2-15-11-8(10(13)14)12-9(17-11)7-5-3-4-6-16-7/h7H,2-6H2,1H3,(H,13,14). The summed E-state index contributed by atoms with van der Waals surface area (Å²) in [6.07, 6.45) is 2.59. The molecule has 0 saturated carbocycles. The van der Waals surface area contributed by atoms with Gasteiger partial charge in [0.15, 0.2) is 0 Å². The van der Waals surface area contributed by atoms with Gasteiger partial charge >= 0.3 is 11.9 Å². The number of hydrogen-bond acceptors (Lipinski definition) is 5. The van der Waals surface area contributed by atoms with Gasteiger partial charge in [-0.2, -0.15) is 0 Å². The second kappa shape index (κ2) is 5.18. The van der Waals surface area contributed by atoms with Crippen molar-refractivity contribution in [1.29, 1.82) is 0 Å². The van der Waals surface area contributed by atoms with Crippen molar-refractivity contribution in [3.8, 4) is 5.95 Å². The number of carboxylic acids is 1. The van der Waals surface area contributed by atoms with Crippen LogP contribution in [-0.2, 0) is 4.74 Å². The van der Waals surface area contributed by atoms with Gasteiger partial charge in [0.25, 0.3) is 0 Å². The van der Waals surface area contributed by atoms with Crippen LogP contribution in [-0.4, -0.2) is 29.3 Å². The van der Waals surface area contributed by atoms with Crippen molar-refractivity contribution in [2.75, 3.05) is 13.2 Å². The summed E-state index contributed by atoms with van der Waals surface area (Å²) in [5, 5.41) is 8.96. The Hall–Kier alpha value is -1.56. The first-order valence-corrected chi connectivity index (χ1v) is 5.70. The highest BCUT2D eigenvalue weighted by molar-refractivity contribution is 5.87. The minimum atomic E-state index is -1.15. The first kappa shape index (κ1) is 11.9. The molecule has 1 atom stereocenters. The maximum Gasteiger partial charge on any atom is 0.362 e. The SMILES string of the molecule is CCOc1oc(C2CCCCO2)nc1C(=O)O. The monoisotopic (exact) mass is 241 g/mol. The summed E-state index contributed by atoms with van der Waals surface area (Å²) in [4.78, 5) is 14.9. The maximum atomic E-state index is 10.9. The van der Waals surface area contributed by atoms with Crippen molar-refractivity contribution < 1.29 is 23.8 Å². The predicted octanol–water partition coefficient (Wildman–Crippen LogP) is 2.01. The second-order valence-corrected chi connectivity index (χ2v) is 3.78. The molecule has 0 aromatic carbocycles. The van der Waals surface area contributed by atoms with Gasteiger partial charge in [0.1, 0.15) is 6.10 Å². The summed E-state index contributed by atoms with van der Waals surface area (Å²) in [6, 6.07) is 0. The van der Waals surface area contributed by atoms with Gasteiger partial charge in [-0.1, -0.05) is 0 Å². The normalized spacial score (nSPS) is 20.2. The Morgan fingerprint density at radius 3 is 3.00 bits per heavy atom. The second-order valence-electron chi connectivity index (χ2n) is 3.78. The highest BCUT2D eigenvalue weighted by Crippen LogP contribution is 2.31. The average molecular weight is 241 g/mol. The Morgan fingerprint density at radius 2 is 2.41 bits per heavy atom. The third kappa shape index (κ3) is 2.58. The molecular weight excluding hydrogens is 226 g/mol. The summed E-state index contributed by atoms with van der Waals surface area (Å²) >= 11 is 0. The lowest BCUT2D eigenvalue weighted by Crippen LogP contribution is -2.12. The number of nitrogens with zero attached hydrogens (tertiary/aromatic N) is 1. The maximum absolute atomic E-state index is 10.9. The Labute approximate surface area is 98.5 Å². The minimum absolute atomic E-state index is 0.0378. The number of oxazole rings is 1. The topological polar surface area (TPSA) is 81.8 Å². The fourth-order valence-corrected chi connectivity index (χ4v) is 1.76. The van der Waals surface area contributed by atoms with Gasteiger partial charge in [-0.3, -0.25) is 0 Å². The zero-order chi connectivity index (χ0) is 12.3. The van der Waals surface area contributed by atoms with Crippen LogP contribution in [0.25, 0.3) is 0 Å². The van der Waals surface area contributed by atoms with Crippen LogP contribution in [0.3, 0.4) is 0 Å². The molecule has 2 rings (SSSR count). The van der Waals surface area contributed by atoms with Gasteiger partial charge in [-0.15, -0.1) is 0 Å². The predicted molar refractivity (Wildman–Crippen MR) is 57.2 cm³/mol. The first-order chi connectivity index (χ1) is 8.22.